The standard InChI is InChI=1S/C20H26O2/c1-14-12-16(20(4)13-19(2,3)18(14)20)22-17(21)11-10-15-8-6-5-7-9-15/h5-11,14,16,18H,12-13H2,1-4H3. The van der Waals surface area contributed by atoms with Gasteiger partial charge in [0, 0.05) is 11.5 Å². The topological polar surface area (TPSA) is 26.3 Å². The predicted molar refractivity (Wildman–Crippen MR) is 89.1 cm³/mol. The molecule has 1 aromatic carbocycles. The lowest BCUT2D eigenvalue weighted by atomic mass is 9.47. The quantitative estimate of drug-likeness (QED) is 0.597. The summed E-state index contributed by atoms with van der Waals surface area (Å²) < 4.78 is 5.81. The molecule has 0 aliphatic heterocycles. The van der Waals surface area contributed by atoms with E-state index in [1.54, 1.807) is 6.08 Å². The SMILES string of the molecule is CC1CC(OC(=O)C=Cc2ccccc2)C2(C)CC(C)(C)C12. The maximum Gasteiger partial charge on any atom is 0.331 e. The summed E-state index contributed by atoms with van der Waals surface area (Å²) in [5.41, 5.74) is 1.57. The van der Waals surface area contributed by atoms with Gasteiger partial charge in [-0.05, 0) is 41.7 Å². The highest BCUT2D eigenvalue weighted by molar-refractivity contribution is 5.87. The van der Waals surface area contributed by atoms with Crippen molar-refractivity contribution in [1.82, 2.24) is 0 Å². The molecule has 2 fully saturated rings. The van der Waals surface area contributed by atoms with E-state index in [4.69, 9.17) is 4.74 Å². The van der Waals surface area contributed by atoms with Crippen LogP contribution >= 0.6 is 0 Å². The molecule has 0 spiro atoms. The van der Waals surface area contributed by atoms with Gasteiger partial charge < -0.3 is 4.74 Å². The van der Waals surface area contributed by atoms with Crippen molar-refractivity contribution in [2.24, 2.45) is 22.7 Å². The first-order chi connectivity index (χ1) is 10.3. The minimum absolute atomic E-state index is 0.0634. The fourth-order valence-electron chi connectivity index (χ4n) is 5.53. The van der Waals surface area contributed by atoms with E-state index >= 15 is 0 Å². The van der Waals surface area contributed by atoms with Crippen LogP contribution in [0.4, 0.5) is 0 Å². The van der Waals surface area contributed by atoms with Gasteiger partial charge in [-0.2, -0.15) is 0 Å². The van der Waals surface area contributed by atoms with E-state index in [0.717, 1.165) is 18.4 Å². The minimum atomic E-state index is -0.215. The summed E-state index contributed by atoms with van der Waals surface area (Å²) >= 11 is 0. The molecule has 2 saturated carbocycles. The second-order valence-electron chi connectivity index (χ2n) is 8.03. The van der Waals surface area contributed by atoms with Gasteiger partial charge in [-0.25, -0.2) is 4.79 Å². The monoisotopic (exact) mass is 298 g/mol. The van der Waals surface area contributed by atoms with Crippen molar-refractivity contribution in [2.75, 3.05) is 0 Å². The highest BCUT2D eigenvalue weighted by atomic mass is 16.5. The first-order valence-electron chi connectivity index (χ1n) is 8.27. The zero-order valence-electron chi connectivity index (χ0n) is 14.0. The maximum atomic E-state index is 12.1. The Balaban J connectivity index is 1.65. The van der Waals surface area contributed by atoms with Crippen LogP contribution in [0.5, 0.6) is 0 Å². The Labute approximate surface area is 133 Å². The minimum Gasteiger partial charge on any atom is -0.459 e. The van der Waals surface area contributed by atoms with Gasteiger partial charge in [-0.1, -0.05) is 58.0 Å². The summed E-state index contributed by atoms with van der Waals surface area (Å²) in [5.74, 6) is 1.08. The van der Waals surface area contributed by atoms with Crippen LogP contribution in [-0.4, -0.2) is 12.1 Å². The molecule has 118 valence electrons. The Morgan fingerprint density at radius 3 is 2.50 bits per heavy atom. The predicted octanol–water partition coefficient (Wildman–Crippen LogP) is 4.70. The molecule has 0 heterocycles. The zero-order valence-corrected chi connectivity index (χ0v) is 14.0. The van der Waals surface area contributed by atoms with Gasteiger partial charge >= 0.3 is 5.97 Å². The molecule has 22 heavy (non-hydrogen) atoms. The van der Waals surface area contributed by atoms with Crippen LogP contribution in [0, 0.1) is 22.7 Å². The summed E-state index contributed by atoms with van der Waals surface area (Å²) in [6.07, 6.45) is 5.59. The van der Waals surface area contributed by atoms with Crippen molar-refractivity contribution in [3.8, 4) is 0 Å². The molecule has 0 saturated heterocycles. The molecule has 0 aromatic heterocycles. The van der Waals surface area contributed by atoms with E-state index in [2.05, 4.69) is 27.7 Å². The van der Waals surface area contributed by atoms with Gasteiger partial charge in [0.15, 0.2) is 0 Å². The molecule has 4 atom stereocenters. The van der Waals surface area contributed by atoms with Crippen LogP contribution in [0.3, 0.4) is 0 Å². The van der Waals surface area contributed by atoms with Gasteiger partial charge in [0.25, 0.3) is 0 Å². The van der Waals surface area contributed by atoms with E-state index in [1.807, 2.05) is 36.4 Å². The molecular formula is C20H26O2. The fourth-order valence-corrected chi connectivity index (χ4v) is 5.53. The van der Waals surface area contributed by atoms with Crippen LogP contribution in [0.25, 0.3) is 6.08 Å². The molecule has 0 radical (unpaired) electrons. The molecule has 2 heteroatoms. The molecule has 2 aliphatic rings. The molecular weight excluding hydrogens is 272 g/mol. The van der Waals surface area contributed by atoms with Crippen LogP contribution in [0.2, 0.25) is 0 Å². The number of hydrogen-bond acceptors (Lipinski definition) is 2. The van der Waals surface area contributed by atoms with Crippen molar-refractivity contribution < 1.29 is 9.53 Å². The molecule has 4 unspecified atom stereocenters. The van der Waals surface area contributed by atoms with Crippen molar-refractivity contribution in [3.63, 3.8) is 0 Å². The third-order valence-electron chi connectivity index (χ3n) is 5.75. The summed E-state index contributed by atoms with van der Waals surface area (Å²) in [4.78, 5) is 12.1. The van der Waals surface area contributed by atoms with Crippen molar-refractivity contribution >= 4 is 12.0 Å². The number of carbonyl (C=O) groups excluding carboxylic acids is 1. The Kier molecular flexibility index (Phi) is 3.66. The average molecular weight is 298 g/mol. The lowest BCUT2D eigenvalue weighted by molar-refractivity contribution is -0.168. The smallest absolute Gasteiger partial charge is 0.331 e. The van der Waals surface area contributed by atoms with E-state index in [9.17, 15) is 4.79 Å². The van der Waals surface area contributed by atoms with Crippen LogP contribution < -0.4 is 0 Å². The van der Waals surface area contributed by atoms with E-state index in [-0.39, 0.29) is 17.5 Å². The van der Waals surface area contributed by atoms with Gasteiger partial charge in [-0.3, -0.25) is 0 Å². The number of carbonyl (C=O) groups is 1. The van der Waals surface area contributed by atoms with E-state index < -0.39 is 0 Å². The summed E-state index contributed by atoms with van der Waals surface area (Å²) in [6, 6.07) is 9.85. The van der Waals surface area contributed by atoms with E-state index in [0.29, 0.717) is 17.3 Å². The lowest BCUT2D eigenvalue weighted by Crippen LogP contribution is -2.55. The van der Waals surface area contributed by atoms with Gasteiger partial charge in [0.2, 0.25) is 0 Å². The normalized spacial score (nSPS) is 35.9. The molecule has 2 nitrogen and oxygen atoms in total. The van der Waals surface area contributed by atoms with Gasteiger partial charge in [0.1, 0.15) is 6.10 Å². The van der Waals surface area contributed by atoms with Crippen LogP contribution in [-0.2, 0) is 9.53 Å². The highest BCUT2D eigenvalue weighted by Gasteiger charge is 2.66. The molecule has 1 aromatic rings. The van der Waals surface area contributed by atoms with Gasteiger partial charge in [0.05, 0.1) is 0 Å². The first-order valence-corrected chi connectivity index (χ1v) is 8.27. The number of fused-ring (bicyclic) bond motifs is 1. The lowest BCUT2D eigenvalue weighted by Gasteiger charge is -2.58. The second kappa shape index (κ2) is 5.26. The largest absolute Gasteiger partial charge is 0.459 e. The molecule has 2 aliphatic carbocycles. The maximum absolute atomic E-state index is 12.1. The third kappa shape index (κ3) is 2.49. The number of esters is 1. The molecule has 3 rings (SSSR count). The van der Waals surface area contributed by atoms with Gasteiger partial charge in [-0.15, -0.1) is 0 Å². The Morgan fingerprint density at radius 1 is 1.23 bits per heavy atom. The Bertz CT molecular complexity index is 587. The average Bonchev–Trinajstić information content (AvgIpc) is 2.64. The van der Waals surface area contributed by atoms with Crippen LogP contribution in [0.1, 0.15) is 46.1 Å². The summed E-state index contributed by atoms with van der Waals surface area (Å²) in [5, 5.41) is 0. The number of benzene rings is 1. The van der Waals surface area contributed by atoms with Crippen LogP contribution in [0.15, 0.2) is 36.4 Å². The van der Waals surface area contributed by atoms with Crippen molar-refractivity contribution in [2.45, 2.75) is 46.6 Å². The zero-order chi connectivity index (χ0) is 16.0. The fraction of sp³-hybridized carbons (Fsp3) is 0.550. The molecule has 0 N–H and O–H groups in total. The molecule has 0 bridgehead atoms. The number of ether oxygens (including phenoxy) is 1. The summed E-state index contributed by atoms with van der Waals surface area (Å²) in [7, 11) is 0. The Hall–Kier alpha value is -1.57. The second-order valence-corrected chi connectivity index (χ2v) is 8.03. The first kappa shape index (κ1) is 15.3. The Morgan fingerprint density at radius 2 is 1.91 bits per heavy atom. The molecule has 0 amide bonds. The number of rotatable bonds is 3. The highest BCUT2D eigenvalue weighted by Crippen LogP contribution is 2.69. The summed E-state index contributed by atoms with van der Waals surface area (Å²) in [6.45, 7) is 9.29. The third-order valence-corrected chi connectivity index (χ3v) is 5.75. The van der Waals surface area contributed by atoms with Crippen molar-refractivity contribution in [3.05, 3.63) is 42.0 Å². The van der Waals surface area contributed by atoms with E-state index in [1.165, 1.54) is 0 Å². The number of hydrogen-bond donors (Lipinski definition) is 0. The van der Waals surface area contributed by atoms with Crippen molar-refractivity contribution in [1.29, 1.82) is 0 Å².